The molecule has 1 aliphatic carbocycles. The van der Waals surface area contributed by atoms with Crippen LogP contribution in [0.25, 0.3) is 17.0 Å². The molecule has 2 aromatic carbocycles. The van der Waals surface area contributed by atoms with Gasteiger partial charge in [0.15, 0.2) is 0 Å². The number of allylic oxidation sites excluding steroid dienone is 1. The second-order valence-electron chi connectivity index (χ2n) is 9.58. The summed E-state index contributed by atoms with van der Waals surface area (Å²) in [5.74, 6) is -0.952. The highest BCUT2D eigenvalue weighted by Gasteiger charge is 2.38. The minimum Gasteiger partial charge on any atom is -0.270 e. The van der Waals surface area contributed by atoms with Gasteiger partial charge in [-0.1, -0.05) is 36.8 Å². The standard InChI is InChI=1S/C26H31NO8S3/c1-5-6-7-19-14-20-12-13-27(38(32,33)23-10-8-18(2)9-11-23)26(20)25-22(17-35-37(4,30)31)15-21(24(19)25)16-34-36(3,28)29/h6-14,21-22H,5,15-17H2,1-4H3/b7-6+/t21-,22+/m0/s1. The first kappa shape index (κ1) is 28.5. The Morgan fingerprint density at radius 3 is 2.03 bits per heavy atom. The van der Waals surface area contributed by atoms with Crippen LogP contribution >= 0.6 is 0 Å². The summed E-state index contributed by atoms with van der Waals surface area (Å²) in [6.07, 6.45) is 8.35. The summed E-state index contributed by atoms with van der Waals surface area (Å²) in [7, 11) is -11.5. The first-order valence-corrected chi connectivity index (χ1v) is 17.1. The normalized spacial score (nSPS) is 18.4. The summed E-state index contributed by atoms with van der Waals surface area (Å²) < 4.78 is 86.4. The van der Waals surface area contributed by atoms with Crippen molar-refractivity contribution in [2.24, 2.45) is 0 Å². The summed E-state index contributed by atoms with van der Waals surface area (Å²) in [5.41, 5.74) is 3.47. The van der Waals surface area contributed by atoms with Crippen LogP contribution in [0.15, 0.2) is 53.6 Å². The van der Waals surface area contributed by atoms with Crippen LogP contribution in [0.2, 0.25) is 0 Å². The van der Waals surface area contributed by atoms with E-state index < -0.39 is 42.1 Å². The molecule has 0 fully saturated rings. The molecular weight excluding hydrogens is 550 g/mol. The van der Waals surface area contributed by atoms with Crippen molar-refractivity contribution in [3.8, 4) is 0 Å². The molecule has 206 valence electrons. The number of fused-ring (bicyclic) bond motifs is 3. The largest absolute Gasteiger partial charge is 0.270 e. The fourth-order valence-electron chi connectivity index (χ4n) is 4.92. The Morgan fingerprint density at radius 1 is 0.895 bits per heavy atom. The van der Waals surface area contributed by atoms with Gasteiger partial charge in [0.1, 0.15) is 0 Å². The summed E-state index contributed by atoms with van der Waals surface area (Å²) >= 11 is 0. The van der Waals surface area contributed by atoms with Crippen molar-refractivity contribution < 1.29 is 33.6 Å². The Kier molecular flexibility index (Phi) is 7.93. The molecule has 9 nitrogen and oxygen atoms in total. The van der Waals surface area contributed by atoms with Crippen molar-refractivity contribution in [2.75, 3.05) is 25.7 Å². The van der Waals surface area contributed by atoms with Gasteiger partial charge in [-0.3, -0.25) is 8.37 Å². The van der Waals surface area contributed by atoms with Crippen LogP contribution in [-0.4, -0.2) is 55.0 Å². The third-order valence-electron chi connectivity index (χ3n) is 6.51. The maximum Gasteiger partial charge on any atom is 0.268 e. The number of hydrogen-bond acceptors (Lipinski definition) is 8. The van der Waals surface area contributed by atoms with Gasteiger partial charge in [-0.05, 0) is 60.7 Å². The van der Waals surface area contributed by atoms with Crippen molar-refractivity contribution in [3.05, 3.63) is 70.9 Å². The van der Waals surface area contributed by atoms with Crippen LogP contribution in [0.3, 0.4) is 0 Å². The molecule has 0 bridgehead atoms. The molecule has 0 saturated carbocycles. The number of aromatic nitrogens is 1. The maximum atomic E-state index is 13.8. The maximum absolute atomic E-state index is 13.8. The number of nitrogens with zero attached hydrogens (tertiary/aromatic N) is 1. The van der Waals surface area contributed by atoms with E-state index in [1.165, 1.54) is 10.2 Å². The van der Waals surface area contributed by atoms with E-state index in [2.05, 4.69) is 0 Å². The third-order valence-corrected chi connectivity index (χ3v) is 9.33. The van der Waals surface area contributed by atoms with E-state index in [1.54, 1.807) is 30.3 Å². The minimum absolute atomic E-state index is 0.114. The molecule has 0 aliphatic heterocycles. The highest BCUT2D eigenvalue weighted by Crippen LogP contribution is 2.48. The molecule has 0 unspecified atom stereocenters. The van der Waals surface area contributed by atoms with Crippen molar-refractivity contribution >= 4 is 47.2 Å². The van der Waals surface area contributed by atoms with Crippen LogP contribution in [0.1, 0.15) is 53.9 Å². The SMILES string of the molecule is CC/C=C/c1cc2ccn(S(=O)(=O)c3ccc(C)cc3)c2c2c1[C@H](COS(C)(=O)=O)C[C@@H]2COS(C)(=O)=O. The van der Waals surface area contributed by atoms with Gasteiger partial charge in [0.05, 0.1) is 36.1 Å². The zero-order valence-electron chi connectivity index (χ0n) is 21.6. The van der Waals surface area contributed by atoms with Crippen molar-refractivity contribution in [1.29, 1.82) is 0 Å². The van der Waals surface area contributed by atoms with Gasteiger partial charge in [-0.15, -0.1) is 0 Å². The predicted molar refractivity (Wildman–Crippen MR) is 147 cm³/mol. The molecular formula is C26H31NO8S3. The molecule has 12 heteroatoms. The fourth-order valence-corrected chi connectivity index (χ4v) is 7.11. The fraction of sp³-hybridized carbons (Fsp3) is 0.385. The molecule has 0 saturated heterocycles. The van der Waals surface area contributed by atoms with E-state index in [9.17, 15) is 25.3 Å². The van der Waals surface area contributed by atoms with Gasteiger partial charge in [0, 0.05) is 23.4 Å². The van der Waals surface area contributed by atoms with E-state index in [4.69, 9.17) is 8.37 Å². The third kappa shape index (κ3) is 6.04. The Bertz CT molecular complexity index is 1700. The molecule has 1 aromatic heterocycles. The highest BCUT2D eigenvalue weighted by atomic mass is 32.2. The lowest BCUT2D eigenvalue weighted by molar-refractivity contribution is 0.264. The molecule has 0 spiro atoms. The summed E-state index contributed by atoms with van der Waals surface area (Å²) in [6.45, 7) is 3.47. The first-order valence-electron chi connectivity index (χ1n) is 12.1. The number of benzene rings is 2. The van der Waals surface area contributed by atoms with E-state index in [0.29, 0.717) is 22.9 Å². The lowest BCUT2D eigenvalue weighted by Gasteiger charge is -2.17. The van der Waals surface area contributed by atoms with E-state index in [1.807, 2.05) is 32.1 Å². The van der Waals surface area contributed by atoms with Gasteiger partial charge in [-0.25, -0.2) is 12.4 Å². The monoisotopic (exact) mass is 581 g/mol. The Hall–Kier alpha value is -2.51. The van der Waals surface area contributed by atoms with Crippen molar-refractivity contribution in [1.82, 2.24) is 3.97 Å². The van der Waals surface area contributed by atoms with Crippen LogP contribution in [0.5, 0.6) is 0 Å². The van der Waals surface area contributed by atoms with Crippen LogP contribution < -0.4 is 0 Å². The molecule has 4 rings (SSSR count). The van der Waals surface area contributed by atoms with Crippen LogP contribution in [0.4, 0.5) is 0 Å². The Labute approximate surface area is 224 Å². The molecule has 0 N–H and O–H groups in total. The summed E-state index contributed by atoms with van der Waals surface area (Å²) in [6, 6.07) is 10.1. The second kappa shape index (κ2) is 10.6. The van der Waals surface area contributed by atoms with Gasteiger partial charge < -0.3 is 0 Å². The Balaban J connectivity index is 1.99. The average Bonchev–Trinajstić information content (AvgIpc) is 3.41. The van der Waals surface area contributed by atoms with Gasteiger partial charge in [0.2, 0.25) is 0 Å². The lowest BCUT2D eigenvalue weighted by Crippen LogP contribution is -2.15. The number of aryl methyl sites for hydroxylation is 1. The van der Waals surface area contributed by atoms with Crippen LogP contribution in [0, 0.1) is 6.92 Å². The van der Waals surface area contributed by atoms with Gasteiger partial charge in [-0.2, -0.15) is 16.8 Å². The van der Waals surface area contributed by atoms with Crippen molar-refractivity contribution in [2.45, 2.75) is 43.4 Å². The highest BCUT2D eigenvalue weighted by molar-refractivity contribution is 7.90. The van der Waals surface area contributed by atoms with Crippen LogP contribution in [-0.2, 0) is 38.6 Å². The smallest absolute Gasteiger partial charge is 0.268 e. The molecule has 38 heavy (non-hydrogen) atoms. The molecule has 0 amide bonds. The second-order valence-corrected chi connectivity index (χ2v) is 14.7. The van der Waals surface area contributed by atoms with Gasteiger partial charge in [0.25, 0.3) is 30.3 Å². The first-order chi connectivity index (χ1) is 17.7. The van der Waals surface area contributed by atoms with E-state index >= 15 is 0 Å². The lowest BCUT2D eigenvalue weighted by atomic mass is 9.93. The molecule has 1 aliphatic rings. The number of hydrogen-bond donors (Lipinski definition) is 0. The quantitative estimate of drug-likeness (QED) is 0.327. The average molecular weight is 582 g/mol. The van der Waals surface area contributed by atoms with Crippen molar-refractivity contribution in [3.63, 3.8) is 0 Å². The molecule has 0 radical (unpaired) electrons. The Morgan fingerprint density at radius 2 is 1.47 bits per heavy atom. The molecule has 2 atom stereocenters. The summed E-state index contributed by atoms with van der Waals surface area (Å²) in [4.78, 5) is 0.114. The van der Waals surface area contributed by atoms with E-state index in [-0.39, 0.29) is 18.1 Å². The summed E-state index contributed by atoms with van der Waals surface area (Å²) in [5, 5.41) is 0.657. The number of rotatable bonds is 10. The van der Waals surface area contributed by atoms with Gasteiger partial charge >= 0.3 is 0 Å². The topological polar surface area (TPSA) is 126 Å². The molecule has 3 aromatic rings. The van der Waals surface area contributed by atoms with E-state index in [0.717, 1.165) is 35.6 Å². The predicted octanol–water partition coefficient (Wildman–Crippen LogP) is 4.13. The zero-order valence-corrected chi connectivity index (χ0v) is 24.1. The zero-order chi connectivity index (χ0) is 27.9. The molecule has 1 heterocycles. The minimum atomic E-state index is -4.00.